The minimum atomic E-state index is -0.801. The van der Waals surface area contributed by atoms with Crippen LogP contribution < -0.4 is 20.1 Å². The van der Waals surface area contributed by atoms with Crippen LogP contribution in [0.5, 0.6) is 11.8 Å². The summed E-state index contributed by atoms with van der Waals surface area (Å²) in [5.74, 6) is -2.03. The molecule has 1 saturated carbocycles. The van der Waals surface area contributed by atoms with Crippen LogP contribution in [0.25, 0.3) is 0 Å². The van der Waals surface area contributed by atoms with Gasteiger partial charge in [0.25, 0.3) is 0 Å². The van der Waals surface area contributed by atoms with Crippen LogP contribution in [0.1, 0.15) is 43.3 Å². The van der Waals surface area contributed by atoms with Crippen molar-refractivity contribution in [2.45, 2.75) is 38.7 Å². The summed E-state index contributed by atoms with van der Waals surface area (Å²) in [5, 5.41) is 22.0. The second-order valence-electron chi connectivity index (χ2n) is 8.51. The van der Waals surface area contributed by atoms with Crippen molar-refractivity contribution in [2.24, 2.45) is 5.41 Å². The highest BCUT2D eigenvalue weighted by molar-refractivity contribution is 6.31. The monoisotopic (exact) mass is 519 g/mol. The van der Waals surface area contributed by atoms with Crippen molar-refractivity contribution in [3.05, 3.63) is 47.1 Å². The average Bonchev–Trinajstić information content (AvgIpc) is 3.32. The molecule has 0 radical (unpaired) electrons. The van der Waals surface area contributed by atoms with Crippen molar-refractivity contribution in [3.63, 3.8) is 0 Å². The van der Waals surface area contributed by atoms with Gasteiger partial charge < -0.3 is 29.6 Å². The topological polar surface area (TPSA) is 149 Å². The molecule has 0 aliphatic heterocycles. The third-order valence-corrected chi connectivity index (χ3v) is 6.20. The average molecular weight is 520 g/mol. The minimum Gasteiger partial charge on any atom is -0.481 e. The number of aliphatic carboxylic acids is 1. The number of hydrogen-bond donors (Lipinski definition) is 3. The second kappa shape index (κ2) is 10.4. The first-order chi connectivity index (χ1) is 17.2. The lowest BCUT2D eigenvalue weighted by Crippen LogP contribution is -2.36. The van der Waals surface area contributed by atoms with Crippen molar-refractivity contribution < 1.29 is 33.0 Å². The molecular formula is C23H23ClFN5O6. The lowest BCUT2D eigenvalue weighted by atomic mass is 9.75. The van der Waals surface area contributed by atoms with Crippen LogP contribution in [0.2, 0.25) is 5.02 Å². The summed E-state index contributed by atoms with van der Waals surface area (Å²) in [5.41, 5.74) is -0.103. The van der Waals surface area contributed by atoms with E-state index in [0.29, 0.717) is 31.4 Å². The molecule has 2 aromatic heterocycles. The number of anilines is 3. The van der Waals surface area contributed by atoms with E-state index in [2.05, 4.69) is 25.8 Å². The van der Waals surface area contributed by atoms with Crippen molar-refractivity contribution in [3.8, 4) is 11.8 Å². The number of benzene rings is 1. The van der Waals surface area contributed by atoms with E-state index in [1.54, 1.807) is 19.1 Å². The fourth-order valence-electron chi connectivity index (χ4n) is 3.71. The number of aromatic nitrogens is 3. The Morgan fingerprint density at radius 2 is 1.97 bits per heavy atom. The molecule has 0 spiro atoms. The largest absolute Gasteiger partial charge is 0.481 e. The zero-order chi connectivity index (χ0) is 25.9. The van der Waals surface area contributed by atoms with E-state index in [-0.39, 0.29) is 40.5 Å². The van der Waals surface area contributed by atoms with E-state index in [1.807, 2.05) is 0 Å². The van der Waals surface area contributed by atoms with E-state index in [1.165, 1.54) is 25.3 Å². The molecule has 190 valence electrons. The number of amides is 1. The predicted octanol–water partition coefficient (Wildman–Crippen LogP) is 4.67. The minimum absolute atomic E-state index is 0.0910. The summed E-state index contributed by atoms with van der Waals surface area (Å²) in [6.45, 7) is 1.74. The Morgan fingerprint density at radius 1 is 1.22 bits per heavy atom. The maximum absolute atomic E-state index is 13.3. The van der Waals surface area contributed by atoms with Gasteiger partial charge in [-0.2, -0.15) is 4.98 Å². The molecule has 11 nitrogen and oxygen atoms in total. The quantitative estimate of drug-likeness (QED) is 0.383. The van der Waals surface area contributed by atoms with Crippen LogP contribution >= 0.6 is 11.6 Å². The number of carbonyl (C=O) groups excluding carboxylic acids is 1. The number of hydrogen-bond acceptors (Lipinski definition) is 9. The van der Waals surface area contributed by atoms with Crippen LogP contribution in [0.15, 0.2) is 34.7 Å². The molecule has 13 heteroatoms. The van der Waals surface area contributed by atoms with Crippen LogP contribution in [0.3, 0.4) is 0 Å². The van der Waals surface area contributed by atoms with Crippen LogP contribution in [0.4, 0.5) is 21.8 Å². The van der Waals surface area contributed by atoms with Gasteiger partial charge in [0, 0.05) is 11.8 Å². The zero-order valence-corrected chi connectivity index (χ0v) is 20.1. The summed E-state index contributed by atoms with van der Waals surface area (Å²) >= 11 is 5.75. The van der Waals surface area contributed by atoms with Crippen LogP contribution in [-0.4, -0.2) is 45.4 Å². The summed E-state index contributed by atoms with van der Waals surface area (Å²) in [6, 6.07) is 6.95. The van der Waals surface area contributed by atoms with E-state index in [9.17, 15) is 19.1 Å². The first-order valence-corrected chi connectivity index (χ1v) is 11.4. The predicted molar refractivity (Wildman–Crippen MR) is 126 cm³/mol. The highest BCUT2D eigenvalue weighted by Gasteiger charge is 2.38. The number of halogens is 2. The molecule has 0 saturated heterocycles. The molecule has 3 N–H and O–H groups in total. The Labute approximate surface area is 210 Å². The molecule has 4 rings (SSSR count). The van der Waals surface area contributed by atoms with Gasteiger partial charge in [-0.05, 0) is 56.9 Å². The Kier molecular flexibility index (Phi) is 7.25. The highest BCUT2D eigenvalue weighted by Crippen LogP contribution is 2.38. The smallest absolute Gasteiger partial charge is 0.320 e. The number of carbonyl (C=O) groups is 2. The summed E-state index contributed by atoms with van der Waals surface area (Å²) in [4.78, 5) is 28.3. The summed E-state index contributed by atoms with van der Waals surface area (Å²) in [7, 11) is 1.39. The standard InChI is InChI=1S/C23H23ClFN5O6/c1-23(21(32)33)9-7-13(8-10-23)35-17-6-5-16(19(28-17)34-2)27-18(31)20-29-30-22(36-20)26-12-3-4-15(25)14(24)11-12/h3-6,11,13H,7-10H2,1-2H3,(H,26,30)(H,27,31)(H,32,33)/t13-,23-. The third-order valence-electron chi connectivity index (χ3n) is 5.91. The molecule has 2 heterocycles. The zero-order valence-electron chi connectivity index (χ0n) is 19.4. The number of carboxylic acids is 1. The number of nitrogens with zero attached hydrogens (tertiary/aromatic N) is 3. The Hall–Kier alpha value is -3.93. The van der Waals surface area contributed by atoms with Gasteiger partial charge >= 0.3 is 23.8 Å². The normalized spacial score (nSPS) is 19.4. The molecule has 1 fully saturated rings. The maximum atomic E-state index is 13.3. The first-order valence-electron chi connectivity index (χ1n) is 11.0. The number of pyridine rings is 1. The van der Waals surface area contributed by atoms with Gasteiger partial charge in [-0.1, -0.05) is 16.7 Å². The molecule has 1 amide bonds. The van der Waals surface area contributed by atoms with Gasteiger partial charge in [0.1, 0.15) is 17.6 Å². The van der Waals surface area contributed by atoms with E-state index in [0.717, 1.165) is 0 Å². The number of carboxylic acid groups (broad SMARTS) is 1. The van der Waals surface area contributed by atoms with Gasteiger partial charge in [-0.25, -0.2) is 4.39 Å². The Bertz CT molecular complexity index is 1280. The highest BCUT2D eigenvalue weighted by atomic mass is 35.5. The van der Waals surface area contributed by atoms with Crippen molar-refractivity contribution in [2.75, 3.05) is 17.7 Å². The lowest BCUT2D eigenvalue weighted by molar-refractivity contribution is -0.150. The Morgan fingerprint density at radius 3 is 2.64 bits per heavy atom. The molecule has 3 aromatic rings. The summed E-state index contributed by atoms with van der Waals surface area (Å²) < 4.78 is 29.8. The van der Waals surface area contributed by atoms with Crippen molar-refractivity contribution >= 4 is 40.9 Å². The number of methoxy groups -OCH3 is 1. The van der Waals surface area contributed by atoms with Crippen molar-refractivity contribution in [1.82, 2.24) is 15.2 Å². The molecule has 1 aliphatic carbocycles. The molecule has 0 atom stereocenters. The third kappa shape index (κ3) is 5.65. The Balaban J connectivity index is 1.38. The molecular weight excluding hydrogens is 497 g/mol. The van der Waals surface area contributed by atoms with Crippen molar-refractivity contribution in [1.29, 1.82) is 0 Å². The van der Waals surface area contributed by atoms with E-state index < -0.39 is 23.1 Å². The van der Waals surface area contributed by atoms with Gasteiger partial charge in [-0.3, -0.25) is 9.59 Å². The fraction of sp³-hybridized carbons (Fsp3) is 0.348. The van der Waals surface area contributed by atoms with Gasteiger partial charge in [0.15, 0.2) is 0 Å². The molecule has 1 aromatic carbocycles. The van der Waals surface area contributed by atoms with Crippen LogP contribution in [-0.2, 0) is 4.79 Å². The lowest BCUT2D eigenvalue weighted by Gasteiger charge is -2.33. The van der Waals surface area contributed by atoms with E-state index >= 15 is 0 Å². The number of nitrogens with one attached hydrogen (secondary N) is 2. The fourth-order valence-corrected chi connectivity index (χ4v) is 3.89. The van der Waals surface area contributed by atoms with Gasteiger partial charge in [0.05, 0.1) is 17.5 Å². The number of ether oxygens (including phenoxy) is 2. The second-order valence-corrected chi connectivity index (χ2v) is 8.92. The molecule has 0 bridgehead atoms. The summed E-state index contributed by atoms with van der Waals surface area (Å²) in [6.07, 6.45) is 2.02. The molecule has 36 heavy (non-hydrogen) atoms. The van der Waals surface area contributed by atoms with Crippen LogP contribution in [0, 0.1) is 11.2 Å². The van der Waals surface area contributed by atoms with Gasteiger partial charge in [-0.15, -0.1) is 5.10 Å². The van der Waals surface area contributed by atoms with Gasteiger partial charge in [0.2, 0.25) is 11.8 Å². The number of rotatable bonds is 8. The maximum Gasteiger partial charge on any atom is 0.320 e. The molecule has 0 unspecified atom stereocenters. The molecule has 1 aliphatic rings. The van der Waals surface area contributed by atoms with E-state index in [4.69, 9.17) is 25.5 Å². The first kappa shape index (κ1) is 25.2. The SMILES string of the molecule is COc1nc(O[C@H]2CC[C@](C)(C(=O)O)CC2)ccc1NC(=O)c1nnc(Nc2ccc(F)c(Cl)c2)o1.